The van der Waals surface area contributed by atoms with Gasteiger partial charge in [-0.05, 0) is 36.8 Å². The number of methoxy groups -OCH3 is 1. The molecule has 0 unspecified atom stereocenters. The Morgan fingerprint density at radius 3 is 2.61 bits per heavy atom. The lowest BCUT2D eigenvalue weighted by atomic mass is 10.1. The zero-order valence-electron chi connectivity index (χ0n) is 15.4. The molecule has 0 saturated heterocycles. The molecule has 1 N–H and O–H groups in total. The van der Waals surface area contributed by atoms with Gasteiger partial charge in [-0.25, -0.2) is 0 Å². The number of hydrogen-bond acceptors (Lipinski definition) is 6. The molecule has 2 aromatic heterocycles. The lowest BCUT2D eigenvalue weighted by Gasteiger charge is -2.06. The molecule has 0 aliphatic rings. The van der Waals surface area contributed by atoms with Crippen LogP contribution >= 0.6 is 23.1 Å². The number of carbonyl (C=O) groups excluding carboxylic acids is 1. The minimum atomic E-state index is -0.0981. The average Bonchev–Trinajstić information content (AvgIpc) is 3.30. The molecule has 0 aliphatic heterocycles. The number of aryl methyl sites for hydroxylation is 1. The molecule has 0 fully saturated rings. The van der Waals surface area contributed by atoms with Crippen LogP contribution in [0.5, 0.6) is 5.75 Å². The van der Waals surface area contributed by atoms with E-state index in [1.54, 1.807) is 7.11 Å². The summed E-state index contributed by atoms with van der Waals surface area (Å²) in [5.74, 6) is 0.897. The second kappa shape index (κ2) is 8.04. The molecule has 0 atom stereocenters. The highest BCUT2D eigenvalue weighted by Crippen LogP contribution is 2.30. The summed E-state index contributed by atoms with van der Waals surface area (Å²) in [7, 11) is 1.61. The first-order valence-corrected chi connectivity index (χ1v) is 10.5. The van der Waals surface area contributed by atoms with Gasteiger partial charge in [0, 0.05) is 11.1 Å². The first-order valence-electron chi connectivity index (χ1n) is 8.60. The predicted octanol–water partition coefficient (Wildman–Crippen LogP) is 4.51. The summed E-state index contributed by atoms with van der Waals surface area (Å²) in [5.41, 5.74) is 4.07. The molecule has 2 aromatic carbocycles. The molecular formula is C20H18N4O2S2. The van der Waals surface area contributed by atoms with Crippen LogP contribution in [0, 0.1) is 6.92 Å². The first kappa shape index (κ1) is 18.5. The Balaban J connectivity index is 1.48. The molecule has 0 aliphatic carbocycles. The summed E-state index contributed by atoms with van der Waals surface area (Å²) >= 11 is 2.91. The SMILES string of the molecule is COc1ccc(NC(=O)CSc2nnc3scc(-c4ccc(C)cc4)n23)cc1. The zero-order valence-corrected chi connectivity index (χ0v) is 17.0. The van der Waals surface area contributed by atoms with Gasteiger partial charge in [0.05, 0.1) is 18.6 Å². The maximum Gasteiger partial charge on any atom is 0.234 e. The van der Waals surface area contributed by atoms with E-state index in [1.807, 2.05) is 28.7 Å². The third-order valence-corrected chi connectivity index (χ3v) is 5.92. The Kier molecular flexibility index (Phi) is 5.31. The van der Waals surface area contributed by atoms with Gasteiger partial charge in [0.2, 0.25) is 10.9 Å². The fraction of sp³-hybridized carbons (Fsp3) is 0.150. The van der Waals surface area contributed by atoms with Crippen LogP contribution in [0.3, 0.4) is 0 Å². The first-order chi connectivity index (χ1) is 13.6. The van der Waals surface area contributed by atoms with Crippen molar-refractivity contribution in [1.82, 2.24) is 14.6 Å². The van der Waals surface area contributed by atoms with E-state index in [0.29, 0.717) is 5.16 Å². The molecule has 8 heteroatoms. The number of thioether (sulfide) groups is 1. The van der Waals surface area contributed by atoms with Crippen LogP contribution in [0.4, 0.5) is 5.69 Å². The van der Waals surface area contributed by atoms with E-state index < -0.39 is 0 Å². The summed E-state index contributed by atoms with van der Waals surface area (Å²) in [6.07, 6.45) is 0. The van der Waals surface area contributed by atoms with E-state index in [0.717, 1.165) is 27.7 Å². The highest BCUT2D eigenvalue weighted by molar-refractivity contribution is 7.99. The van der Waals surface area contributed by atoms with Gasteiger partial charge in [-0.2, -0.15) is 0 Å². The van der Waals surface area contributed by atoms with Crippen LogP contribution in [0.1, 0.15) is 5.56 Å². The Morgan fingerprint density at radius 1 is 1.14 bits per heavy atom. The number of hydrogen-bond donors (Lipinski definition) is 1. The predicted molar refractivity (Wildman–Crippen MR) is 113 cm³/mol. The number of thiazole rings is 1. The summed E-state index contributed by atoms with van der Waals surface area (Å²) in [5, 5.41) is 14.1. The molecule has 4 aromatic rings. The largest absolute Gasteiger partial charge is 0.497 e. The number of nitrogens with one attached hydrogen (secondary N) is 1. The van der Waals surface area contributed by atoms with Crippen molar-refractivity contribution < 1.29 is 9.53 Å². The topological polar surface area (TPSA) is 68.5 Å². The molecule has 0 spiro atoms. The van der Waals surface area contributed by atoms with Crippen molar-refractivity contribution in [1.29, 1.82) is 0 Å². The van der Waals surface area contributed by atoms with Crippen molar-refractivity contribution in [3.05, 3.63) is 59.5 Å². The number of carbonyl (C=O) groups is 1. The molecule has 142 valence electrons. The van der Waals surface area contributed by atoms with Gasteiger partial charge < -0.3 is 10.1 Å². The summed E-state index contributed by atoms with van der Waals surface area (Å²) in [6.45, 7) is 2.06. The van der Waals surface area contributed by atoms with Gasteiger partial charge in [-0.15, -0.1) is 21.5 Å². The third-order valence-electron chi connectivity index (χ3n) is 4.17. The number of benzene rings is 2. The standard InChI is InChI=1S/C20H18N4O2S2/c1-13-3-5-14(6-4-13)17-11-27-19-22-23-20(24(17)19)28-12-18(25)21-15-7-9-16(26-2)10-8-15/h3-11H,12H2,1-2H3,(H,21,25). The van der Waals surface area contributed by atoms with E-state index >= 15 is 0 Å². The normalized spacial score (nSPS) is 10.9. The molecule has 28 heavy (non-hydrogen) atoms. The number of aromatic nitrogens is 3. The molecule has 2 heterocycles. The van der Waals surface area contributed by atoms with Crippen molar-refractivity contribution >= 4 is 39.7 Å². The number of ether oxygens (including phenoxy) is 1. The van der Waals surface area contributed by atoms with Crippen molar-refractivity contribution in [2.24, 2.45) is 0 Å². The second-order valence-electron chi connectivity index (χ2n) is 6.15. The molecule has 1 amide bonds. The highest BCUT2D eigenvalue weighted by atomic mass is 32.2. The third kappa shape index (κ3) is 3.88. The van der Waals surface area contributed by atoms with Crippen LogP contribution < -0.4 is 10.1 Å². The minimum absolute atomic E-state index is 0.0981. The van der Waals surface area contributed by atoms with E-state index in [2.05, 4.69) is 52.1 Å². The summed E-state index contributed by atoms with van der Waals surface area (Å²) < 4.78 is 7.12. The number of fused-ring (bicyclic) bond motifs is 1. The van der Waals surface area contributed by atoms with E-state index in [1.165, 1.54) is 28.7 Å². The molecule has 4 rings (SSSR count). The maximum absolute atomic E-state index is 12.3. The number of amides is 1. The summed E-state index contributed by atoms with van der Waals surface area (Å²) in [6, 6.07) is 15.6. The van der Waals surface area contributed by atoms with Gasteiger partial charge in [0.1, 0.15) is 5.75 Å². The van der Waals surface area contributed by atoms with Gasteiger partial charge in [0.25, 0.3) is 0 Å². The van der Waals surface area contributed by atoms with Gasteiger partial charge >= 0.3 is 0 Å². The van der Waals surface area contributed by atoms with Crippen molar-refractivity contribution in [2.75, 3.05) is 18.2 Å². The Morgan fingerprint density at radius 2 is 1.89 bits per heavy atom. The lowest BCUT2D eigenvalue weighted by Crippen LogP contribution is -2.14. The van der Waals surface area contributed by atoms with Crippen molar-refractivity contribution in [2.45, 2.75) is 12.1 Å². The molecule has 0 radical (unpaired) electrons. The molecule has 6 nitrogen and oxygen atoms in total. The van der Waals surface area contributed by atoms with Crippen LogP contribution in [-0.2, 0) is 4.79 Å². The second-order valence-corrected chi connectivity index (χ2v) is 7.93. The van der Waals surface area contributed by atoms with Crippen LogP contribution in [0.15, 0.2) is 59.1 Å². The quantitative estimate of drug-likeness (QED) is 0.474. The Labute approximate surface area is 170 Å². The van der Waals surface area contributed by atoms with Gasteiger partial charge in [-0.3, -0.25) is 9.20 Å². The van der Waals surface area contributed by atoms with Crippen LogP contribution in [0.25, 0.3) is 16.2 Å². The Bertz CT molecular complexity index is 1100. The Hall–Kier alpha value is -2.84. The number of nitrogens with zero attached hydrogens (tertiary/aromatic N) is 3. The number of anilines is 1. The number of rotatable bonds is 6. The van der Waals surface area contributed by atoms with Crippen LogP contribution in [0.2, 0.25) is 0 Å². The van der Waals surface area contributed by atoms with E-state index in [9.17, 15) is 4.79 Å². The fourth-order valence-corrected chi connectivity index (χ4v) is 4.36. The van der Waals surface area contributed by atoms with Crippen LogP contribution in [-0.4, -0.2) is 33.4 Å². The minimum Gasteiger partial charge on any atom is -0.497 e. The molecule has 0 saturated carbocycles. The lowest BCUT2D eigenvalue weighted by molar-refractivity contribution is -0.113. The summed E-state index contributed by atoms with van der Waals surface area (Å²) in [4.78, 5) is 13.1. The molecule has 0 bridgehead atoms. The fourth-order valence-electron chi connectivity index (χ4n) is 2.72. The smallest absolute Gasteiger partial charge is 0.234 e. The van der Waals surface area contributed by atoms with Crippen molar-refractivity contribution in [3.63, 3.8) is 0 Å². The maximum atomic E-state index is 12.3. The van der Waals surface area contributed by atoms with Gasteiger partial charge in [-0.1, -0.05) is 41.6 Å². The van der Waals surface area contributed by atoms with E-state index in [-0.39, 0.29) is 11.7 Å². The average molecular weight is 411 g/mol. The highest BCUT2D eigenvalue weighted by Gasteiger charge is 2.15. The zero-order chi connectivity index (χ0) is 19.5. The van der Waals surface area contributed by atoms with Crippen molar-refractivity contribution in [3.8, 4) is 17.0 Å². The van der Waals surface area contributed by atoms with E-state index in [4.69, 9.17) is 4.74 Å². The van der Waals surface area contributed by atoms with Gasteiger partial charge in [0.15, 0.2) is 5.16 Å². The monoisotopic (exact) mass is 410 g/mol. The molecular weight excluding hydrogens is 392 g/mol.